The summed E-state index contributed by atoms with van der Waals surface area (Å²) in [4.78, 5) is 12.4. The van der Waals surface area contributed by atoms with Gasteiger partial charge in [0.05, 0.1) is 5.56 Å². The van der Waals surface area contributed by atoms with Gasteiger partial charge in [0, 0.05) is 18.8 Å². The number of aryl methyl sites for hydroxylation is 1. The van der Waals surface area contributed by atoms with Crippen molar-refractivity contribution in [2.24, 2.45) is 0 Å². The van der Waals surface area contributed by atoms with Gasteiger partial charge in [0.1, 0.15) is 0 Å². The van der Waals surface area contributed by atoms with E-state index in [1.165, 1.54) is 0 Å². The van der Waals surface area contributed by atoms with Gasteiger partial charge in [-0.3, -0.25) is 9.89 Å². The molecule has 0 unspecified atom stereocenters. The number of aromatic amines is 1. The number of H-pyrrole nitrogens is 1. The van der Waals surface area contributed by atoms with Gasteiger partial charge in [0.2, 0.25) is 0 Å². The number of hydrogen-bond donors (Lipinski definition) is 1. The van der Waals surface area contributed by atoms with Crippen LogP contribution in [0.1, 0.15) is 26.0 Å². The van der Waals surface area contributed by atoms with Gasteiger partial charge >= 0.3 is 0 Å². The van der Waals surface area contributed by atoms with Crippen molar-refractivity contribution in [3.8, 4) is 11.4 Å². The van der Waals surface area contributed by atoms with Crippen LogP contribution in [0.2, 0.25) is 0 Å². The van der Waals surface area contributed by atoms with Gasteiger partial charge in [-0.15, -0.1) is 0 Å². The van der Waals surface area contributed by atoms with E-state index in [4.69, 9.17) is 12.2 Å². The van der Waals surface area contributed by atoms with Crippen LogP contribution >= 0.6 is 12.2 Å². The average molecular weight is 278 g/mol. The fraction of sp³-hybridized carbons (Fsp3) is 0.462. The van der Waals surface area contributed by atoms with Crippen molar-refractivity contribution in [3.63, 3.8) is 0 Å². The molecule has 0 aliphatic heterocycles. The van der Waals surface area contributed by atoms with Crippen molar-refractivity contribution in [2.45, 2.75) is 40.3 Å². The lowest BCUT2D eigenvalue weighted by Gasteiger charge is -2.10. The summed E-state index contributed by atoms with van der Waals surface area (Å²) in [7, 11) is 0. The third-order valence-electron chi connectivity index (χ3n) is 3.16. The number of nitrogens with one attached hydrogen (secondary N) is 1. The van der Waals surface area contributed by atoms with Crippen molar-refractivity contribution >= 4 is 12.2 Å². The number of pyridine rings is 1. The Balaban J connectivity index is 2.67. The van der Waals surface area contributed by atoms with E-state index in [1.807, 2.05) is 30.5 Å². The number of nitrogens with zero attached hydrogens (tertiary/aromatic N) is 3. The molecule has 0 bridgehead atoms. The summed E-state index contributed by atoms with van der Waals surface area (Å²) in [5, 5.41) is 6.97. The number of hydrogen-bond acceptors (Lipinski definition) is 3. The molecule has 19 heavy (non-hydrogen) atoms. The van der Waals surface area contributed by atoms with E-state index in [0.29, 0.717) is 22.7 Å². The SMILES string of the molecule is CCCn1c(-c2ccc(C)n(CC)c2=O)n[nH]c1=S. The number of aromatic nitrogens is 4. The number of rotatable bonds is 4. The summed E-state index contributed by atoms with van der Waals surface area (Å²) in [6.07, 6.45) is 0.939. The van der Waals surface area contributed by atoms with Crippen LogP contribution in [0.15, 0.2) is 16.9 Å². The monoisotopic (exact) mass is 278 g/mol. The third-order valence-corrected chi connectivity index (χ3v) is 3.47. The summed E-state index contributed by atoms with van der Waals surface area (Å²) in [6.45, 7) is 7.36. The van der Waals surface area contributed by atoms with Crippen LogP contribution < -0.4 is 5.56 Å². The lowest BCUT2D eigenvalue weighted by Crippen LogP contribution is -2.23. The molecule has 0 saturated heterocycles. The molecule has 2 rings (SSSR count). The lowest BCUT2D eigenvalue weighted by molar-refractivity contribution is 0.668. The zero-order valence-electron chi connectivity index (χ0n) is 11.4. The van der Waals surface area contributed by atoms with E-state index < -0.39 is 0 Å². The quantitative estimate of drug-likeness (QED) is 0.874. The summed E-state index contributed by atoms with van der Waals surface area (Å²) < 4.78 is 4.17. The molecule has 0 spiro atoms. The molecule has 0 saturated carbocycles. The molecule has 0 atom stereocenters. The van der Waals surface area contributed by atoms with Gasteiger partial charge in [-0.2, -0.15) is 5.10 Å². The van der Waals surface area contributed by atoms with E-state index in [-0.39, 0.29) is 5.56 Å². The van der Waals surface area contributed by atoms with E-state index >= 15 is 0 Å². The molecule has 2 heterocycles. The third kappa shape index (κ3) is 2.40. The summed E-state index contributed by atoms with van der Waals surface area (Å²) in [5.74, 6) is 0.624. The summed E-state index contributed by atoms with van der Waals surface area (Å²) >= 11 is 5.20. The Bertz CT molecular complexity index is 695. The summed E-state index contributed by atoms with van der Waals surface area (Å²) in [5.41, 5.74) is 1.52. The van der Waals surface area contributed by atoms with Gasteiger partial charge in [-0.25, -0.2) is 0 Å². The van der Waals surface area contributed by atoms with E-state index in [9.17, 15) is 4.79 Å². The topological polar surface area (TPSA) is 55.6 Å². The molecule has 2 aromatic rings. The van der Waals surface area contributed by atoms with Crippen molar-refractivity contribution in [1.29, 1.82) is 0 Å². The van der Waals surface area contributed by atoms with Crippen LogP contribution in [0, 0.1) is 11.7 Å². The van der Waals surface area contributed by atoms with Crippen LogP contribution in [0.25, 0.3) is 11.4 Å². The maximum atomic E-state index is 12.4. The molecular weight excluding hydrogens is 260 g/mol. The predicted octanol–water partition coefficient (Wildman–Crippen LogP) is 2.51. The second-order valence-corrected chi connectivity index (χ2v) is 4.83. The second-order valence-electron chi connectivity index (χ2n) is 4.44. The van der Waals surface area contributed by atoms with Gasteiger partial charge in [0.25, 0.3) is 5.56 Å². The fourth-order valence-corrected chi connectivity index (χ4v) is 2.41. The van der Waals surface area contributed by atoms with Crippen LogP contribution in [0.3, 0.4) is 0 Å². The Labute approximate surface area is 116 Å². The molecule has 0 aromatic carbocycles. The standard InChI is InChI=1S/C13H18N4OS/c1-4-8-17-11(14-15-13(17)19)10-7-6-9(3)16(5-2)12(10)18/h6-7H,4-5,8H2,1-3H3,(H,15,19). The molecular formula is C13H18N4OS. The van der Waals surface area contributed by atoms with E-state index in [2.05, 4.69) is 17.1 Å². The highest BCUT2D eigenvalue weighted by Crippen LogP contribution is 2.14. The first-order valence-electron chi connectivity index (χ1n) is 6.46. The lowest BCUT2D eigenvalue weighted by atomic mass is 10.2. The molecule has 102 valence electrons. The minimum absolute atomic E-state index is 0.0196. The average Bonchev–Trinajstić information content (AvgIpc) is 2.73. The van der Waals surface area contributed by atoms with Gasteiger partial charge in [-0.1, -0.05) is 6.92 Å². The first kappa shape index (κ1) is 13.7. The van der Waals surface area contributed by atoms with Crippen LogP contribution in [0.4, 0.5) is 0 Å². The highest BCUT2D eigenvalue weighted by Gasteiger charge is 2.14. The minimum atomic E-state index is -0.0196. The van der Waals surface area contributed by atoms with Crippen molar-refractivity contribution in [2.75, 3.05) is 0 Å². The minimum Gasteiger partial charge on any atom is -0.313 e. The second kappa shape index (κ2) is 5.52. The molecule has 6 heteroatoms. The molecule has 0 amide bonds. The Morgan fingerprint density at radius 1 is 1.32 bits per heavy atom. The molecule has 2 aromatic heterocycles. The largest absolute Gasteiger partial charge is 0.313 e. The molecule has 1 N–H and O–H groups in total. The molecule has 0 fully saturated rings. The first-order valence-corrected chi connectivity index (χ1v) is 6.87. The summed E-state index contributed by atoms with van der Waals surface area (Å²) in [6, 6.07) is 3.76. The smallest absolute Gasteiger partial charge is 0.261 e. The predicted molar refractivity (Wildman–Crippen MR) is 77.8 cm³/mol. The van der Waals surface area contributed by atoms with Crippen LogP contribution in [-0.4, -0.2) is 19.3 Å². The Kier molecular flexibility index (Phi) is 3.99. The maximum Gasteiger partial charge on any atom is 0.261 e. The molecule has 0 aliphatic carbocycles. The Hall–Kier alpha value is -1.69. The van der Waals surface area contributed by atoms with Crippen LogP contribution in [0.5, 0.6) is 0 Å². The first-order chi connectivity index (χ1) is 9.10. The van der Waals surface area contributed by atoms with Gasteiger partial charge < -0.3 is 9.13 Å². The zero-order valence-corrected chi connectivity index (χ0v) is 12.3. The zero-order chi connectivity index (χ0) is 14.0. The van der Waals surface area contributed by atoms with Gasteiger partial charge in [-0.05, 0) is 44.6 Å². The molecule has 0 radical (unpaired) electrons. The van der Waals surface area contributed by atoms with Crippen LogP contribution in [-0.2, 0) is 13.1 Å². The molecule has 5 nitrogen and oxygen atoms in total. The highest BCUT2D eigenvalue weighted by molar-refractivity contribution is 7.71. The van der Waals surface area contributed by atoms with E-state index in [0.717, 1.165) is 18.7 Å². The normalized spacial score (nSPS) is 10.9. The van der Waals surface area contributed by atoms with Crippen molar-refractivity contribution < 1.29 is 0 Å². The van der Waals surface area contributed by atoms with Crippen molar-refractivity contribution in [1.82, 2.24) is 19.3 Å². The highest BCUT2D eigenvalue weighted by atomic mass is 32.1. The molecule has 0 aliphatic rings. The maximum absolute atomic E-state index is 12.4. The fourth-order valence-electron chi connectivity index (χ4n) is 2.19. The Morgan fingerprint density at radius 3 is 2.68 bits per heavy atom. The van der Waals surface area contributed by atoms with Crippen molar-refractivity contribution in [3.05, 3.63) is 33.0 Å². The van der Waals surface area contributed by atoms with Gasteiger partial charge in [0.15, 0.2) is 10.6 Å². The Morgan fingerprint density at radius 2 is 2.05 bits per heavy atom. The van der Waals surface area contributed by atoms with E-state index in [1.54, 1.807) is 4.57 Å².